The number of hydrogen-bond acceptors (Lipinski definition) is 4. The molecule has 1 fully saturated rings. The molecule has 3 nitrogen and oxygen atoms in total. The van der Waals surface area contributed by atoms with Gasteiger partial charge in [-0.25, -0.2) is 4.39 Å². The molecule has 1 saturated heterocycles. The summed E-state index contributed by atoms with van der Waals surface area (Å²) in [5.41, 5.74) is 7.31. The van der Waals surface area contributed by atoms with Crippen molar-refractivity contribution in [1.29, 1.82) is 0 Å². The molecule has 0 unspecified atom stereocenters. The van der Waals surface area contributed by atoms with Gasteiger partial charge < -0.3 is 15.4 Å². The van der Waals surface area contributed by atoms with Crippen LogP contribution in [0.15, 0.2) is 12.1 Å². The van der Waals surface area contributed by atoms with Crippen LogP contribution in [-0.4, -0.2) is 30.2 Å². The first-order chi connectivity index (χ1) is 8.93. The Morgan fingerprint density at radius 2 is 2.21 bits per heavy atom. The smallest absolute Gasteiger partial charge is 0.167 e. The maximum atomic E-state index is 13.7. The number of ether oxygens (including phenoxy) is 1. The minimum absolute atomic E-state index is 0.185. The monoisotopic (exact) mass is 284 g/mol. The van der Waals surface area contributed by atoms with E-state index in [1.807, 2.05) is 18.7 Å². The largest absolute Gasteiger partial charge is 0.491 e. The quantitative estimate of drug-likeness (QED) is 0.865. The third kappa shape index (κ3) is 3.26. The maximum absolute atomic E-state index is 13.7. The summed E-state index contributed by atoms with van der Waals surface area (Å²) in [7, 11) is 0. The Kier molecular flexibility index (Phi) is 4.13. The molecule has 19 heavy (non-hydrogen) atoms. The zero-order valence-electron chi connectivity index (χ0n) is 11.7. The first kappa shape index (κ1) is 14.3. The zero-order chi connectivity index (χ0) is 14.0. The van der Waals surface area contributed by atoms with Crippen molar-refractivity contribution in [3.8, 4) is 5.75 Å². The Hall–Kier alpha value is -1.10. The van der Waals surface area contributed by atoms with Gasteiger partial charge in [-0.1, -0.05) is 0 Å². The second-order valence-electron chi connectivity index (χ2n) is 5.30. The van der Waals surface area contributed by atoms with Crippen LogP contribution in [0, 0.1) is 5.82 Å². The Bertz CT molecular complexity index is 465. The predicted octanol–water partition coefficient (Wildman–Crippen LogP) is 3.14. The van der Waals surface area contributed by atoms with Gasteiger partial charge in [-0.3, -0.25) is 0 Å². The molecule has 0 spiro atoms. The third-order valence-electron chi connectivity index (χ3n) is 3.15. The Morgan fingerprint density at radius 3 is 2.84 bits per heavy atom. The van der Waals surface area contributed by atoms with Crippen LogP contribution in [0.5, 0.6) is 5.75 Å². The minimum atomic E-state index is -0.395. The lowest BCUT2D eigenvalue weighted by Gasteiger charge is -2.39. The number of rotatable bonds is 3. The molecule has 1 aromatic rings. The summed E-state index contributed by atoms with van der Waals surface area (Å²) in [6.07, 6.45) is 0. The first-order valence-corrected chi connectivity index (χ1v) is 7.52. The summed E-state index contributed by atoms with van der Waals surface area (Å²) in [6, 6.07) is 3.08. The van der Waals surface area contributed by atoms with E-state index >= 15 is 0 Å². The lowest BCUT2D eigenvalue weighted by Crippen LogP contribution is -2.43. The van der Waals surface area contributed by atoms with E-state index in [0.717, 1.165) is 24.5 Å². The van der Waals surface area contributed by atoms with Crippen LogP contribution in [0.3, 0.4) is 0 Å². The molecule has 0 atom stereocenters. The van der Waals surface area contributed by atoms with Crippen molar-refractivity contribution >= 4 is 23.1 Å². The lowest BCUT2D eigenvalue weighted by molar-refractivity contribution is 0.321. The highest BCUT2D eigenvalue weighted by Gasteiger charge is 2.28. The van der Waals surface area contributed by atoms with Gasteiger partial charge in [0.05, 0.1) is 18.0 Å². The van der Waals surface area contributed by atoms with Crippen molar-refractivity contribution in [2.45, 2.75) is 25.5 Å². The Labute approximate surface area is 118 Å². The van der Waals surface area contributed by atoms with Gasteiger partial charge in [0.1, 0.15) is 0 Å². The highest BCUT2D eigenvalue weighted by molar-refractivity contribution is 8.00. The van der Waals surface area contributed by atoms with E-state index in [1.165, 1.54) is 6.07 Å². The summed E-state index contributed by atoms with van der Waals surface area (Å²) in [5.74, 6) is 0.935. The molecule has 5 heteroatoms. The molecule has 0 bridgehead atoms. The Balaban J connectivity index is 2.30. The fraction of sp³-hybridized carbons (Fsp3) is 0.571. The van der Waals surface area contributed by atoms with E-state index in [2.05, 4.69) is 18.7 Å². The first-order valence-electron chi connectivity index (χ1n) is 6.53. The number of nitrogen functional groups attached to an aromatic ring is 1. The normalized spacial score (nSPS) is 18.4. The summed E-state index contributed by atoms with van der Waals surface area (Å²) < 4.78 is 19.2. The molecule has 1 aromatic carbocycles. The van der Waals surface area contributed by atoms with Crippen LogP contribution in [0.4, 0.5) is 15.8 Å². The molecule has 1 aliphatic heterocycles. The molecule has 0 amide bonds. The fourth-order valence-electron chi connectivity index (χ4n) is 2.32. The van der Waals surface area contributed by atoms with Crippen LogP contribution in [0.2, 0.25) is 0 Å². The number of hydrogen-bond donors (Lipinski definition) is 1. The molecule has 0 radical (unpaired) electrons. The standard InChI is InChI=1S/C14H21FN2OS/c1-4-18-13-8-12(11(16)7-10(13)15)17-5-6-19-14(2,3)9-17/h7-8H,4-6,9,16H2,1-3H3. The molecule has 2 rings (SSSR count). The fourth-order valence-corrected chi connectivity index (χ4v) is 3.43. The van der Waals surface area contributed by atoms with Gasteiger partial charge in [0.15, 0.2) is 11.6 Å². The molecule has 0 saturated carbocycles. The molecule has 0 aromatic heterocycles. The second kappa shape index (κ2) is 5.49. The van der Waals surface area contributed by atoms with Crippen molar-refractivity contribution in [3.63, 3.8) is 0 Å². The predicted molar refractivity (Wildman–Crippen MR) is 80.7 cm³/mol. The maximum Gasteiger partial charge on any atom is 0.167 e. The van der Waals surface area contributed by atoms with E-state index in [0.29, 0.717) is 12.3 Å². The molecular formula is C14H21FN2OS. The summed E-state index contributed by atoms with van der Waals surface area (Å²) in [4.78, 5) is 2.22. The number of nitrogens with zero attached hydrogens (tertiary/aromatic N) is 1. The third-order valence-corrected chi connectivity index (χ3v) is 4.44. The van der Waals surface area contributed by atoms with Crippen LogP contribution in [0.25, 0.3) is 0 Å². The second-order valence-corrected chi connectivity index (χ2v) is 7.11. The highest BCUT2D eigenvalue weighted by Crippen LogP contribution is 2.37. The number of anilines is 2. The lowest BCUT2D eigenvalue weighted by atomic mass is 10.1. The molecular weight excluding hydrogens is 263 g/mol. The summed E-state index contributed by atoms with van der Waals surface area (Å²) in [5, 5.41) is 0. The average Bonchev–Trinajstić information content (AvgIpc) is 2.31. The van der Waals surface area contributed by atoms with Gasteiger partial charge >= 0.3 is 0 Å². The van der Waals surface area contributed by atoms with Gasteiger partial charge in [0, 0.05) is 35.7 Å². The van der Waals surface area contributed by atoms with Crippen LogP contribution in [-0.2, 0) is 0 Å². The zero-order valence-corrected chi connectivity index (χ0v) is 12.5. The number of nitrogens with two attached hydrogens (primary N) is 1. The Morgan fingerprint density at radius 1 is 1.47 bits per heavy atom. The van der Waals surface area contributed by atoms with Crippen molar-refractivity contribution < 1.29 is 9.13 Å². The van der Waals surface area contributed by atoms with Crippen LogP contribution in [0.1, 0.15) is 20.8 Å². The van der Waals surface area contributed by atoms with E-state index < -0.39 is 5.82 Å². The molecule has 1 heterocycles. The minimum Gasteiger partial charge on any atom is -0.491 e. The van der Waals surface area contributed by atoms with E-state index in [1.54, 1.807) is 6.07 Å². The van der Waals surface area contributed by atoms with E-state index in [9.17, 15) is 4.39 Å². The number of halogens is 1. The molecule has 0 aliphatic carbocycles. The molecule has 106 valence electrons. The highest BCUT2D eigenvalue weighted by atomic mass is 32.2. The van der Waals surface area contributed by atoms with Crippen molar-refractivity contribution in [3.05, 3.63) is 17.9 Å². The summed E-state index contributed by atoms with van der Waals surface area (Å²) in [6.45, 7) is 8.55. The average molecular weight is 284 g/mol. The number of thioether (sulfide) groups is 1. The van der Waals surface area contributed by atoms with E-state index in [4.69, 9.17) is 10.5 Å². The van der Waals surface area contributed by atoms with Crippen molar-refractivity contribution in [2.24, 2.45) is 0 Å². The molecule has 2 N–H and O–H groups in total. The van der Waals surface area contributed by atoms with Crippen molar-refractivity contribution in [1.82, 2.24) is 0 Å². The van der Waals surface area contributed by atoms with Gasteiger partial charge in [0.2, 0.25) is 0 Å². The topological polar surface area (TPSA) is 38.5 Å². The van der Waals surface area contributed by atoms with Gasteiger partial charge in [-0.2, -0.15) is 11.8 Å². The van der Waals surface area contributed by atoms with Crippen molar-refractivity contribution in [2.75, 3.05) is 36.1 Å². The van der Waals surface area contributed by atoms with Crippen LogP contribution >= 0.6 is 11.8 Å². The van der Waals surface area contributed by atoms with Gasteiger partial charge in [0.25, 0.3) is 0 Å². The van der Waals surface area contributed by atoms with Crippen LogP contribution < -0.4 is 15.4 Å². The molecule has 1 aliphatic rings. The van der Waals surface area contributed by atoms with E-state index in [-0.39, 0.29) is 10.5 Å². The SMILES string of the molecule is CCOc1cc(N2CCSC(C)(C)C2)c(N)cc1F. The number of benzene rings is 1. The van der Waals surface area contributed by atoms with Gasteiger partial charge in [-0.15, -0.1) is 0 Å². The van der Waals surface area contributed by atoms with Gasteiger partial charge in [-0.05, 0) is 20.8 Å². The summed E-state index contributed by atoms with van der Waals surface area (Å²) >= 11 is 1.95.